The summed E-state index contributed by atoms with van der Waals surface area (Å²) in [6.07, 6.45) is 1.32. The molecule has 1 N–H and O–H groups in total. The molecule has 5 nitrogen and oxygen atoms in total. The van der Waals surface area contributed by atoms with Gasteiger partial charge in [0.25, 0.3) is 0 Å². The zero-order valence-electron chi connectivity index (χ0n) is 16.7. The van der Waals surface area contributed by atoms with Gasteiger partial charge in [0.2, 0.25) is 0 Å². The fourth-order valence-electron chi connectivity index (χ4n) is 2.62. The second kappa shape index (κ2) is 14.1. The number of aliphatic hydroxyl groups is 1. The van der Waals surface area contributed by atoms with Crippen LogP contribution in [-0.2, 0) is 20.6 Å². The van der Waals surface area contributed by atoms with Crippen molar-refractivity contribution in [3.8, 4) is 5.75 Å². The molecule has 0 bridgehead atoms. The Labute approximate surface area is 168 Å². The molecule has 2 atom stereocenters. The van der Waals surface area contributed by atoms with E-state index < -0.39 is 6.10 Å². The van der Waals surface area contributed by atoms with Crippen LogP contribution in [0.3, 0.4) is 0 Å². The third kappa shape index (κ3) is 10.4. The Morgan fingerprint density at radius 1 is 0.786 bits per heavy atom. The highest BCUT2D eigenvalue weighted by atomic mass is 16.6. The SMILES string of the molecule is CC(O)COCCOC(COCCCc1ccccc1)COc1ccccc1. The van der Waals surface area contributed by atoms with Crippen molar-refractivity contribution in [2.24, 2.45) is 0 Å². The molecule has 0 heterocycles. The molecule has 0 aliphatic heterocycles. The van der Waals surface area contributed by atoms with Crippen LogP contribution in [0, 0.1) is 0 Å². The molecule has 28 heavy (non-hydrogen) atoms. The van der Waals surface area contributed by atoms with Crippen LogP contribution in [0.15, 0.2) is 60.7 Å². The molecule has 2 rings (SSSR count). The average Bonchev–Trinajstić information content (AvgIpc) is 2.72. The molecule has 5 heteroatoms. The monoisotopic (exact) mass is 388 g/mol. The first-order valence-electron chi connectivity index (χ1n) is 9.91. The molecule has 2 aromatic carbocycles. The van der Waals surface area contributed by atoms with Gasteiger partial charge in [0.05, 0.1) is 32.5 Å². The predicted octanol–water partition coefficient (Wildman–Crippen LogP) is 3.50. The van der Waals surface area contributed by atoms with Gasteiger partial charge < -0.3 is 24.1 Å². The maximum Gasteiger partial charge on any atom is 0.119 e. The minimum Gasteiger partial charge on any atom is -0.491 e. The third-order valence-electron chi connectivity index (χ3n) is 4.02. The first-order valence-corrected chi connectivity index (χ1v) is 9.91. The third-order valence-corrected chi connectivity index (χ3v) is 4.02. The van der Waals surface area contributed by atoms with E-state index in [2.05, 4.69) is 24.3 Å². The second-order valence-electron chi connectivity index (χ2n) is 6.70. The lowest BCUT2D eigenvalue weighted by atomic mass is 10.1. The van der Waals surface area contributed by atoms with E-state index in [1.54, 1.807) is 6.92 Å². The van der Waals surface area contributed by atoms with Crippen LogP contribution in [0.2, 0.25) is 0 Å². The highest BCUT2D eigenvalue weighted by Gasteiger charge is 2.11. The zero-order chi connectivity index (χ0) is 19.9. The summed E-state index contributed by atoms with van der Waals surface area (Å²) in [7, 11) is 0. The molecule has 0 saturated carbocycles. The summed E-state index contributed by atoms with van der Waals surface area (Å²) in [6.45, 7) is 4.44. The summed E-state index contributed by atoms with van der Waals surface area (Å²) in [5, 5.41) is 9.21. The van der Waals surface area contributed by atoms with Crippen LogP contribution < -0.4 is 4.74 Å². The van der Waals surface area contributed by atoms with Gasteiger partial charge in [0.1, 0.15) is 18.5 Å². The molecule has 2 unspecified atom stereocenters. The molecule has 0 spiro atoms. The largest absolute Gasteiger partial charge is 0.491 e. The standard InChI is InChI=1S/C23H32O5/c1-20(24)17-26-15-16-27-23(19-28-22-12-6-3-7-13-22)18-25-14-8-11-21-9-4-2-5-10-21/h2-7,9-10,12-13,20,23-24H,8,11,14-19H2,1H3. The summed E-state index contributed by atoms with van der Waals surface area (Å²) in [6, 6.07) is 20.1. The molecule has 0 radical (unpaired) electrons. The Morgan fingerprint density at radius 2 is 1.46 bits per heavy atom. The van der Waals surface area contributed by atoms with Crippen LogP contribution >= 0.6 is 0 Å². The lowest BCUT2D eigenvalue weighted by molar-refractivity contribution is -0.0607. The van der Waals surface area contributed by atoms with Gasteiger partial charge >= 0.3 is 0 Å². The Kier molecular flexibility index (Phi) is 11.3. The summed E-state index contributed by atoms with van der Waals surface area (Å²) >= 11 is 0. The summed E-state index contributed by atoms with van der Waals surface area (Å²) in [5.74, 6) is 0.811. The van der Waals surface area contributed by atoms with Crippen molar-refractivity contribution in [3.05, 3.63) is 66.2 Å². The van der Waals surface area contributed by atoms with Gasteiger partial charge in [-0.05, 0) is 37.5 Å². The fourth-order valence-corrected chi connectivity index (χ4v) is 2.62. The molecular weight excluding hydrogens is 356 g/mol. The normalized spacial score (nSPS) is 13.2. The quantitative estimate of drug-likeness (QED) is 0.473. The van der Waals surface area contributed by atoms with Crippen molar-refractivity contribution in [2.75, 3.05) is 39.6 Å². The van der Waals surface area contributed by atoms with E-state index in [4.69, 9.17) is 18.9 Å². The van der Waals surface area contributed by atoms with E-state index >= 15 is 0 Å². The number of hydrogen-bond acceptors (Lipinski definition) is 5. The van der Waals surface area contributed by atoms with E-state index in [0.717, 1.165) is 18.6 Å². The van der Waals surface area contributed by atoms with Crippen molar-refractivity contribution >= 4 is 0 Å². The molecule has 2 aromatic rings. The van der Waals surface area contributed by atoms with Crippen LogP contribution in [0.5, 0.6) is 5.75 Å². The molecule has 0 aliphatic rings. The summed E-state index contributed by atoms with van der Waals surface area (Å²) in [4.78, 5) is 0. The molecule has 0 aromatic heterocycles. The van der Waals surface area contributed by atoms with Crippen molar-refractivity contribution in [2.45, 2.75) is 32.0 Å². The van der Waals surface area contributed by atoms with E-state index in [1.807, 2.05) is 36.4 Å². The van der Waals surface area contributed by atoms with Crippen molar-refractivity contribution in [1.82, 2.24) is 0 Å². The average molecular weight is 389 g/mol. The number of benzene rings is 2. The van der Waals surface area contributed by atoms with Crippen molar-refractivity contribution in [1.29, 1.82) is 0 Å². The van der Waals surface area contributed by atoms with Gasteiger partial charge in [-0.15, -0.1) is 0 Å². The van der Waals surface area contributed by atoms with Crippen molar-refractivity contribution in [3.63, 3.8) is 0 Å². The molecule has 0 amide bonds. The molecule has 0 fully saturated rings. The number of para-hydroxylation sites is 1. The minimum atomic E-state index is -0.467. The van der Waals surface area contributed by atoms with Gasteiger partial charge in [0.15, 0.2) is 0 Å². The van der Waals surface area contributed by atoms with E-state index in [-0.39, 0.29) is 6.10 Å². The van der Waals surface area contributed by atoms with Crippen molar-refractivity contribution < 1.29 is 24.1 Å². The van der Waals surface area contributed by atoms with Crippen LogP contribution in [0.4, 0.5) is 0 Å². The second-order valence-corrected chi connectivity index (χ2v) is 6.70. The van der Waals surface area contributed by atoms with Gasteiger partial charge in [-0.2, -0.15) is 0 Å². The minimum absolute atomic E-state index is 0.174. The van der Waals surface area contributed by atoms with Gasteiger partial charge in [-0.3, -0.25) is 0 Å². The number of rotatable bonds is 15. The number of hydrogen-bond donors (Lipinski definition) is 1. The first-order chi connectivity index (χ1) is 13.7. The Morgan fingerprint density at radius 3 is 2.18 bits per heavy atom. The number of aryl methyl sites for hydroxylation is 1. The smallest absolute Gasteiger partial charge is 0.119 e. The lowest BCUT2D eigenvalue weighted by Crippen LogP contribution is -2.29. The summed E-state index contributed by atoms with van der Waals surface area (Å²) < 4.78 is 22.8. The molecular formula is C23H32O5. The van der Waals surface area contributed by atoms with E-state index in [9.17, 15) is 5.11 Å². The Balaban J connectivity index is 1.66. The summed E-state index contributed by atoms with van der Waals surface area (Å²) in [5.41, 5.74) is 1.32. The van der Waals surface area contributed by atoms with Crippen LogP contribution in [0.25, 0.3) is 0 Å². The van der Waals surface area contributed by atoms with Gasteiger partial charge in [-0.1, -0.05) is 48.5 Å². The number of ether oxygens (including phenoxy) is 4. The highest BCUT2D eigenvalue weighted by Crippen LogP contribution is 2.10. The lowest BCUT2D eigenvalue weighted by Gasteiger charge is -2.19. The predicted molar refractivity (Wildman–Crippen MR) is 110 cm³/mol. The molecule has 0 saturated heterocycles. The van der Waals surface area contributed by atoms with E-state index in [0.29, 0.717) is 39.6 Å². The Bertz CT molecular complexity index is 603. The maximum absolute atomic E-state index is 9.21. The maximum atomic E-state index is 9.21. The zero-order valence-corrected chi connectivity index (χ0v) is 16.7. The topological polar surface area (TPSA) is 57.2 Å². The Hall–Kier alpha value is -1.92. The molecule has 154 valence electrons. The first kappa shape index (κ1) is 22.4. The molecule has 0 aliphatic carbocycles. The fraction of sp³-hybridized carbons (Fsp3) is 0.478. The highest BCUT2D eigenvalue weighted by molar-refractivity contribution is 5.20. The van der Waals surface area contributed by atoms with Crippen LogP contribution in [-0.4, -0.2) is 57.0 Å². The van der Waals surface area contributed by atoms with Gasteiger partial charge in [-0.25, -0.2) is 0 Å². The van der Waals surface area contributed by atoms with Gasteiger partial charge in [0, 0.05) is 6.61 Å². The van der Waals surface area contributed by atoms with E-state index in [1.165, 1.54) is 5.56 Å². The number of aliphatic hydroxyl groups excluding tert-OH is 1. The van der Waals surface area contributed by atoms with Crippen LogP contribution in [0.1, 0.15) is 18.9 Å².